The van der Waals surface area contributed by atoms with E-state index in [1.807, 2.05) is 32.0 Å². The summed E-state index contributed by atoms with van der Waals surface area (Å²) in [5, 5.41) is 7.34. The molecule has 6 heteroatoms. The van der Waals surface area contributed by atoms with Crippen molar-refractivity contribution in [2.75, 3.05) is 0 Å². The predicted molar refractivity (Wildman–Crippen MR) is 85.8 cm³/mol. The van der Waals surface area contributed by atoms with E-state index < -0.39 is 0 Å². The monoisotopic (exact) mass is 306 g/mol. The average Bonchev–Trinajstić information content (AvgIpc) is 2.81. The van der Waals surface area contributed by atoms with Crippen molar-refractivity contribution < 1.29 is 0 Å². The number of aromatic amines is 1. The van der Waals surface area contributed by atoms with E-state index in [4.69, 9.17) is 5.73 Å². The zero-order valence-corrected chi connectivity index (χ0v) is 13.5. The van der Waals surface area contributed by atoms with E-state index in [2.05, 4.69) is 23.2 Å². The molecule has 0 aliphatic heterocycles. The zero-order valence-electron chi connectivity index (χ0n) is 12.7. The molecule has 0 aliphatic carbocycles. The SMILES string of the molecule is CCC(N)Cc1ccccc1Sc1n[nH]c(=O)n1C(C)C. The van der Waals surface area contributed by atoms with Crippen LogP contribution in [-0.2, 0) is 6.42 Å². The molecule has 0 radical (unpaired) electrons. The van der Waals surface area contributed by atoms with Crippen LogP contribution in [0.1, 0.15) is 38.8 Å². The predicted octanol–water partition coefficient (Wildman–Crippen LogP) is 2.58. The van der Waals surface area contributed by atoms with Gasteiger partial charge in [-0.25, -0.2) is 9.89 Å². The largest absolute Gasteiger partial charge is 0.344 e. The van der Waals surface area contributed by atoms with E-state index in [0.29, 0.717) is 5.16 Å². The van der Waals surface area contributed by atoms with Gasteiger partial charge in [0.15, 0.2) is 5.16 Å². The fraction of sp³-hybridized carbons (Fsp3) is 0.467. The second-order valence-electron chi connectivity index (χ2n) is 5.36. The van der Waals surface area contributed by atoms with Gasteiger partial charge in [0, 0.05) is 17.0 Å². The van der Waals surface area contributed by atoms with Crippen LogP contribution >= 0.6 is 11.8 Å². The minimum atomic E-state index is -0.171. The highest BCUT2D eigenvalue weighted by atomic mass is 32.2. The number of hydrogen-bond donors (Lipinski definition) is 2. The summed E-state index contributed by atoms with van der Waals surface area (Å²) in [6, 6.07) is 8.37. The van der Waals surface area contributed by atoms with Gasteiger partial charge < -0.3 is 5.73 Å². The molecule has 1 unspecified atom stereocenters. The van der Waals surface area contributed by atoms with Crippen molar-refractivity contribution in [3.63, 3.8) is 0 Å². The molecule has 2 rings (SSSR count). The van der Waals surface area contributed by atoms with Crippen LogP contribution in [0.3, 0.4) is 0 Å². The summed E-state index contributed by atoms with van der Waals surface area (Å²) in [4.78, 5) is 12.9. The Kier molecular flexibility index (Phi) is 5.25. The number of nitrogens with two attached hydrogens (primary N) is 1. The minimum Gasteiger partial charge on any atom is -0.327 e. The van der Waals surface area contributed by atoms with Crippen molar-refractivity contribution in [2.24, 2.45) is 5.73 Å². The van der Waals surface area contributed by atoms with Crippen molar-refractivity contribution in [3.05, 3.63) is 40.3 Å². The lowest BCUT2D eigenvalue weighted by Crippen LogP contribution is -2.21. The second kappa shape index (κ2) is 6.95. The number of benzene rings is 1. The van der Waals surface area contributed by atoms with Crippen LogP contribution in [0.4, 0.5) is 0 Å². The van der Waals surface area contributed by atoms with Crippen LogP contribution in [0.5, 0.6) is 0 Å². The van der Waals surface area contributed by atoms with Gasteiger partial charge >= 0.3 is 5.69 Å². The number of rotatable bonds is 6. The molecule has 5 nitrogen and oxygen atoms in total. The van der Waals surface area contributed by atoms with Crippen molar-refractivity contribution in [1.29, 1.82) is 0 Å². The molecule has 0 amide bonds. The molecule has 0 bridgehead atoms. The first-order chi connectivity index (χ1) is 10.0. The molecule has 1 aromatic heterocycles. The molecule has 21 heavy (non-hydrogen) atoms. The highest BCUT2D eigenvalue weighted by molar-refractivity contribution is 7.99. The Morgan fingerprint density at radius 1 is 1.38 bits per heavy atom. The lowest BCUT2D eigenvalue weighted by atomic mass is 10.1. The maximum absolute atomic E-state index is 11.8. The number of H-pyrrole nitrogens is 1. The van der Waals surface area contributed by atoms with E-state index in [1.54, 1.807) is 4.57 Å². The van der Waals surface area contributed by atoms with Gasteiger partial charge in [-0.05, 0) is 50.1 Å². The molecule has 2 aromatic rings. The molecular formula is C15H22N4OS. The van der Waals surface area contributed by atoms with Crippen molar-refractivity contribution in [3.8, 4) is 0 Å². The summed E-state index contributed by atoms with van der Waals surface area (Å²) in [5.74, 6) is 0. The van der Waals surface area contributed by atoms with Gasteiger partial charge in [0.05, 0.1) is 0 Å². The quantitative estimate of drug-likeness (QED) is 0.860. The van der Waals surface area contributed by atoms with E-state index in [9.17, 15) is 4.79 Å². The lowest BCUT2D eigenvalue weighted by Gasteiger charge is -2.13. The molecule has 0 fully saturated rings. The number of aromatic nitrogens is 3. The van der Waals surface area contributed by atoms with Crippen LogP contribution in [0.15, 0.2) is 39.1 Å². The molecule has 0 saturated carbocycles. The third kappa shape index (κ3) is 3.77. The first-order valence-electron chi connectivity index (χ1n) is 7.21. The Hall–Kier alpha value is -1.53. The molecule has 1 aromatic carbocycles. The van der Waals surface area contributed by atoms with E-state index in [1.165, 1.54) is 17.3 Å². The Morgan fingerprint density at radius 2 is 2.10 bits per heavy atom. The van der Waals surface area contributed by atoms with Crippen LogP contribution in [0.25, 0.3) is 0 Å². The number of nitrogens with zero attached hydrogens (tertiary/aromatic N) is 2. The maximum Gasteiger partial charge on any atom is 0.344 e. The summed E-state index contributed by atoms with van der Waals surface area (Å²) in [6.07, 6.45) is 1.77. The first-order valence-corrected chi connectivity index (χ1v) is 8.02. The normalized spacial score (nSPS) is 12.8. The highest BCUT2D eigenvalue weighted by Gasteiger charge is 2.15. The topological polar surface area (TPSA) is 76.7 Å². The Morgan fingerprint density at radius 3 is 2.76 bits per heavy atom. The number of nitrogens with one attached hydrogen (secondary N) is 1. The lowest BCUT2D eigenvalue weighted by molar-refractivity contribution is 0.534. The van der Waals surface area contributed by atoms with Gasteiger partial charge in [0.1, 0.15) is 0 Å². The fourth-order valence-corrected chi connectivity index (χ4v) is 3.22. The Bertz CT molecular complexity index is 647. The molecule has 0 saturated heterocycles. The van der Waals surface area contributed by atoms with Crippen molar-refractivity contribution in [1.82, 2.24) is 14.8 Å². The highest BCUT2D eigenvalue weighted by Crippen LogP contribution is 2.30. The molecule has 1 atom stereocenters. The Balaban J connectivity index is 2.30. The van der Waals surface area contributed by atoms with Crippen LogP contribution < -0.4 is 11.4 Å². The molecular weight excluding hydrogens is 284 g/mol. The van der Waals surface area contributed by atoms with Gasteiger partial charge in [0.25, 0.3) is 0 Å². The van der Waals surface area contributed by atoms with Gasteiger partial charge in [-0.15, -0.1) is 5.10 Å². The van der Waals surface area contributed by atoms with Gasteiger partial charge in [0.2, 0.25) is 0 Å². The summed E-state index contributed by atoms with van der Waals surface area (Å²) in [6.45, 7) is 6.03. The molecule has 0 spiro atoms. The minimum absolute atomic E-state index is 0.0730. The Labute approximate surface area is 128 Å². The average molecular weight is 306 g/mol. The smallest absolute Gasteiger partial charge is 0.327 e. The first kappa shape index (κ1) is 15.9. The van der Waals surface area contributed by atoms with Crippen molar-refractivity contribution >= 4 is 11.8 Å². The van der Waals surface area contributed by atoms with Gasteiger partial charge in [-0.2, -0.15) is 0 Å². The second-order valence-corrected chi connectivity index (χ2v) is 6.37. The summed E-state index contributed by atoms with van der Waals surface area (Å²) < 4.78 is 1.67. The summed E-state index contributed by atoms with van der Waals surface area (Å²) in [7, 11) is 0. The standard InChI is InChI=1S/C15H22N4OS/c1-4-12(16)9-11-7-5-6-8-13(11)21-15-18-17-14(20)19(15)10(2)3/h5-8,10,12H,4,9,16H2,1-3H3,(H,17,20). The number of hydrogen-bond acceptors (Lipinski definition) is 4. The van der Waals surface area contributed by atoms with E-state index in [-0.39, 0.29) is 17.8 Å². The van der Waals surface area contributed by atoms with Crippen LogP contribution in [0.2, 0.25) is 0 Å². The van der Waals surface area contributed by atoms with Gasteiger partial charge in [-0.3, -0.25) is 4.57 Å². The maximum atomic E-state index is 11.8. The molecule has 1 heterocycles. The molecule has 114 valence electrons. The fourth-order valence-electron chi connectivity index (χ4n) is 2.11. The summed E-state index contributed by atoms with van der Waals surface area (Å²) in [5.41, 5.74) is 7.09. The summed E-state index contributed by atoms with van der Waals surface area (Å²) >= 11 is 1.51. The van der Waals surface area contributed by atoms with E-state index >= 15 is 0 Å². The van der Waals surface area contributed by atoms with Crippen molar-refractivity contribution in [2.45, 2.75) is 55.7 Å². The zero-order chi connectivity index (χ0) is 15.4. The van der Waals surface area contributed by atoms with E-state index in [0.717, 1.165) is 17.7 Å². The molecule has 0 aliphatic rings. The third-order valence-corrected chi connectivity index (χ3v) is 4.46. The molecule has 3 N–H and O–H groups in total. The van der Waals surface area contributed by atoms with Crippen LogP contribution in [-0.4, -0.2) is 20.8 Å². The van der Waals surface area contributed by atoms with Gasteiger partial charge in [-0.1, -0.05) is 25.1 Å². The third-order valence-electron chi connectivity index (χ3n) is 3.37. The van der Waals surface area contributed by atoms with Crippen LogP contribution in [0, 0.1) is 0 Å².